The number of aliphatic hydroxyl groups is 2. The van der Waals surface area contributed by atoms with Gasteiger partial charge in [-0.25, -0.2) is 9.59 Å². The molecule has 182 valence electrons. The molecule has 0 unspecified atom stereocenters. The fourth-order valence-electron chi connectivity index (χ4n) is 1.75. The van der Waals surface area contributed by atoms with E-state index in [0.717, 1.165) is 25.7 Å². The summed E-state index contributed by atoms with van der Waals surface area (Å²) in [5.74, 6) is -0.841. The summed E-state index contributed by atoms with van der Waals surface area (Å²) in [7, 11) is 0. The lowest BCUT2D eigenvalue weighted by atomic mass is 10.2. The summed E-state index contributed by atoms with van der Waals surface area (Å²) in [4.78, 5) is 22.1. The molecule has 0 saturated carbocycles. The van der Waals surface area contributed by atoms with Gasteiger partial charge < -0.3 is 33.9 Å². The van der Waals surface area contributed by atoms with Crippen molar-refractivity contribution < 1.29 is 43.5 Å². The van der Waals surface area contributed by atoms with Crippen LogP contribution >= 0.6 is 0 Å². The van der Waals surface area contributed by atoms with Crippen LogP contribution in [0.1, 0.15) is 39.5 Å². The van der Waals surface area contributed by atoms with Crippen molar-refractivity contribution in [2.24, 2.45) is 0 Å². The summed E-state index contributed by atoms with van der Waals surface area (Å²) in [6, 6.07) is 0. The van der Waals surface area contributed by atoms with Gasteiger partial charge >= 0.3 is 11.9 Å². The minimum absolute atomic E-state index is 0.192. The summed E-state index contributed by atoms with van der Waals surface area (Å²) in [5, 5.41) is 16.6. The molecule has 0 spiro atoms. The molecule has 31 heavy (non-hydrogen) atoms. The maximum Gasteiger partial charge on any atom is 0.333 e. The van der Waals surface area contributed by atoms with Gasteiger partial charge in [0.25, 0.3) is 0 Å². The highest BCUT2D eigenvalue weighted by Gasteiger charge is 2.02. The van der Waals surface area contributed by atoms with Crippen LogP contribution in [0.25, 0.3) is 0 Å². The van der Waals surface area contributed by atoms with E-state index >= 15 is 0 Å². The molecule has 9 nitrogen and oxygen atoms in total. The Morgan fingerprint density at radius 1 is 0.581 bits per heavy atom. The van der Waals surface area contributed by atoms with Gasteiger partial charge in [-0.15, -0.1) is 0 Å². The molecule has 0 amide bonds. The number of unbranched alkanes of at least 4 members (excludes halogenated alkanes) is 3. The Labute approximate surface area is 186 Å². The molecule has 0 aliphatic rings. The predicted molar refractivity (Wildman–Crippen MR) is 117 cm³/mol. The molecular formula is C22H40O9. The minimum atomic E-state index is -0.420. The lowest BCUT2D eigenvalue weighted by molar-refractivity contribution is -0.141. The van der Waals surface area contributed by atoms with Crippen LogP contribution in [0, 0.1) is 0 Å². The quantitative estimate of drug-likeness (QED) is 0.173. The highest BCUT2D eigenvalue weighted by Crippen LogP contribution is 1.96. The molecule has 0 rings (SSSR count). The van der Waals surface area contributed by atoms with Crippen LogP contribution in [0.15, 0.2) is 24.3 Å². The molecule has 0 fully saturated rings. The molecule has 0 aromatic heterocycles. The number of rotatable bonds is 19. The molecule has 9 heteroatoms. The fraction of sp³-hybridized carbons (Fsp3) is 0.727. The first-order chi connectivity index (χ1) is 14.9. The van der Waals surface area contributed by atoms with Crippen molar-refractivity contribution in [2.45, 2.75) is 39.5 Å². The zero-order valence-electron chi connectivity index (χ0n) is 19.1. The largest absolute Gasteiger partial charge is 0.460 e. The van der Waals surface area contributed by atoms with Gasteiger partial charge in [-0.2, -0.15) is 0 Å². The Morgan fingerprint density at radius 2 is 0.871 bits per heavy atom. The standard InChI is InChI=1S/C16H26O7.C6H14O2/c1-13(2)15(17)22-11-9-20-7-5-19-6-8-21-10-12-23-16(18)14(3)4;7-5-3-1-2-4-6-8/h1,3,5-12H2,2,4H3;7-8H,1-6H2. The van der Waals surface area contributed by atoms with Crippen LogP contribution in [0.4, 0.5) is 0 Å². The first-order valence-electron chi connectivity index (χ1n) is 10.5. The smallest absolute Gasteiger partial charge is 0.333 e. The third-order valence-electron chi connectivity index (χ3n) is 3.43. The molecule has 0 atom stereocenters. The molecule has 0 radical (unpaired) electrons. The second-order valence-corrected chi connectivity index (χ2v) is 6.53. The molecule has 0 bridgehead atoms. The van der Waals surface area contributed by atoms with Crippen LogP contribution < -0.4 is 0 Å². The van der Waals surface area contributed by atoms with Gasteiger partial charge in [0, 0.05) is 24.4 Å². The Hall–Kier alpha value is -1.78. The predicted octanol–water partition coefficient (Wildman–Crippen LogP) is 1.81. The Kier molecular flexibility index (Phi) is 24.8. The van der Waals surface area contributed by atoms with Crippen LogP contribution in [0.2, 0.25) is 0 Å². The van der Waals surface area contributed by atoms with Crippen molar-refractivity contribution in [3.63, 3.8) is 0 Å². The molecular weight excluding hydrogens is 408 g/mol. The molecule has 0 aliphatic carbocycles. The summed E-state index contributed by atoms with van der Waals surface area (Å²) >= 11 is 0. The van der Waals surface area contributed by atoms with E-state index in [1.54, 1.807) is 13.8 Å². The number of carbonyl (C=O) groups is 2. The van der Waals surface area contributed by atoms with Crippen LogP contribution in [0.5, 0.6) is 0 Å². The second-order valence-electron chi connectivity index (χ2n) is 6.53. The molecule has 0 aromatic rings. The molecule has 0 aromatic carbocycles. The monoisotopic (exact) mass is 448 g/mol. The molecule has 0 saturated heterocycles. The van der Waals surface area contributed by atoms with E-state index in [1.165, 1.54) is 0 Å². The minimum Gasteiger partial charge on any atom is -0.460 e. The Balaban J connectivity index is 0. The van der Waals surface area contributed by atoms with Crippen molar-refractivity contribution in [2.75, 3.05) is 66.1 Å². The van der Waals surface area contributed by atoms with Crippen molar-refractivity contribution in [1.82, 2.24) is 0 Å². The highest BCUT2D eigenvalue weighted by molar-refractivity contribution is 5.87. The number of hydrogen-bond donors (Lipinski definition) is 2. The number of aliphatic hydroxyl groups excluding tert-OH is 2. The third-order valence-corrected chi connectivity index (χ3v) is 3.43. The average Bonchev–Trinajstić information content (AvgIpc) is 2.74. The van der Waals surface area contributed by atoms with Crippen LogP contribution in [-0.4, -0.2) is 88.2 Å². The normalized spacial score (nSPS) is 10.1. The summed E-state index contributed by atoms with van der Waals surface area (Å²) in [5.41, 5.74) is 0.727. The zero-order valence-corrected chi connectivity index (χ0v) is 19.1. The van der Waals surface area contributed by atoms with Crippen molar-refractivity contribution in [3.05, 3.63) is 24.3 Å². The zero-order chi connectivity index (χ0) is 23.7. The van der Waals surface area contributed by atoms with Crippen molar-refractivity contribution in [1.29, 1.82) is 0 Å². The first-order valence-corrected chi connectivity index (χ1v) is 10.5. The lowest BCUT2D eigenvalue weighted by Crippen LogP contribution is -2.15. The maximum absolute atomic E-state index is 11.0. The number of hydrogen-bond acceptors (Lipinski definition) is 9. The fourth-order valence-corrected chi connectivity index (χ4v) is 1.75. The van der Waals surface area contributed by atoms with Crippen LogP contribution in [0.3, 0.4) is 0 Å². The van der Waals surface area contributed by atoms with E-state index in [9.17, 15) is 9.59 Å². The van der Waals surface area contributed by atoms with Crippen LogP contribution in [-0.2, 0) is 33.3 Å². The van der Waals surface area contributed by atoms with Gasteiger partial charge in [-0.3, -0.25) is 0 Å². The summed E-state index contributed by atoms with van der Waals surface area (Å²) < 4.78 is 25.4. The summed E-state index contributed by atoms with van der Waals surface area (Å²) in [6.45, 7) is 13.3. The van der Waals surface area contributed by atoms with E-state index in [4.69, 9.17) is 33.9 Å². The first kappa shape index (κ1) is 31.4. The Morgan fingerprint density at radius 3 is 1.13 bits per heavy atom. The van der Waals surface area contributed by atoms with E-state index in [-0.39, 0.29) is 26.4 Å². The number of carbonyl (C=O) groups excluding carboxylic acids is 2. The van der Waals surface area contributed by atoms with E-state index in [1.807, 2.05) is 0 Å². The van der Waals surface area contributed by atoms with Gasteiger partial charge in [-0.05, 0) is 26.7 Å². The van der Waals surface area contributed by atoms with E-state index in [2.05, 4.69) is 13.2 Å². The van der Waals surface area contributed by atoms with E-state index < -0.39 is 11.9 Å². The van der Waals surface area contributed by atoms with Crippen molar-refractivity contribution in [3.8, 4) is 0 Å². The highest BCUT2D eigenvalue weighted by atomic mass is 16.6. The van der Waals surface area contributed by atoms with Gasteiger partial charge in [0.1, 0.15) is 13.2 Å². The topological polar surface area (TPSA) is 121 Å². The SMILES string of the molecule is C=C(C)C(=O)OCCOCCOCCOCCOC(=O)C(=C)C.OCCCCCCO. The maximum atomic E-state index is 11.0. The Bertz CT molecular complexity index is 436. The second kappa shape index (κ2) is 24.5. The van der Waals surface area contributed by atoms with Gasteiger partial charge in [0.15, 0.2) is 0 Å². The molecule has 2 N–H and O–H groups in total. The number of ether oxygens (including phenoxy) is 5. The molecule has 0 aliphatic heterocycles. The third kappa shape index (κ3) is 26.2. The average molecular weight is 449 g/mol. The lowest BCUT2D eigenvalue weighted by Gasteiger charge is -2.08. The van der Waals surface area contributed by atoms with E-state index in [0.29, 0.717) is 50.8 Å². The number of esters is 2. The van der Waals surface area contributed by atoms with Gasteiger partial charge in [0.2, 0.25) is 0 Å². The molecule has 0 heterocycles. The van der Waals surface area contributed by atoms with Crippen molar-refractivity contribution >= 4 is 11.9 Å². The van der Waals surface area contributed by atoms with Gasteiger partial charge in [0.05, 0.1) is 39.6 Å². The summed E-state index contributed by atoms with van der Waals surface area (Å²) in [6.07, 6.45) is 3.83. The van der Waals surface area contributed by atoms with Gasteiger partial charge in [-0.1, -0.05) is 26.0 Å².